The molecule has 2 aliphatic rings. The largest absolute Gasteiger partial charge is 0.349 e. The molecular formula is C29H37N3O2. The van der Waals surface area contributed by atoms with Gasteiger partial charge in [0.15, 0.2) is 0 Å². The van der Waals surface area contributed by atoms with Crippen molar-refractivity contribution in [1.82, 2.24) is 15.1 Å². The summed E-state index contributed by atoms with van der Waals surface area (Å²) in [4.78, 5) is 30.2. The molecule has 0 radical (unpaired) electrons. The van der Waals surface area contributed by atoms with Crippen molar-refractivity contribution < 1.29 is 9.59 Å². The lowest BCUT2D eigenvalue weighted by Gasteiger charge is -2.25. The summed E-state index contributed by atoms with van der Waals surface area (Å²) in [6.07, 6.45) is 3.79. The summed E-state index contributed by atoms with van der Waals surface area (Å²) in [5.41, 5.74) is 5.41. The standard InChI is InChI=1S/C29H37N3O2/c1-5-20(2)28(33)30-26(23-12-7-6-8-13-23)14-15-31-16-24-18-32(19-25(24)17-31)29(34)27-21(3)10-9-11-22(27)4/h6-13,18,20,25-26H,5,14-17,19H2,1-4H3,(H,30,33)/t20?,25?,26-/m0/s1. The van der Waals surface area contributed by atoms with E-state index in [2.05, 4.69) is 28.5 Å². The van der Waals surface area contributed by atoms with Crippen LogP contribution in [0.4, 0.5) is 0 Å². The normalized spacial score (nSPS) is 19.5. The van der Waals surface area contributed by atoms with Gasteiger partial charge >= 0.3 is 0 Å². The maximum absolute atomic E-state index is 13.2. The first kappa shape index (κ1) is 24.2. The Hall–Kier alpha value is -2.92. The zero-order valence-electron chi connectivity index (χ0n) is 20.9. The number of benzene rings is 2. The lowest BCUT2D eigenvalue weighted by Crippen LogP contribution is -2.35. The van der Waals surface area contributed by atoms with E-state index in [0.717, 1.165) is 61.3 Å². The first-order valence-electron chi connectivity index (χ1n) is 12.5. The van der Waals surface area contributed by atoms with Gasteiger partial charge in [0.1, 0.15) is 0 Å². The summed E-state index contributed by atoms with van der Waals surface area (Å²) < 4.78 is 0. The number of fused-ring (bicyclic) bond motifs is 1. The first-order valence-corrected chi connectivity index (χ1v) is 12.5. The van der Waals surface area contributed by atoms with Gasteiger partial charge < -0.3 is 10.2 Å². The molecule has 1 N–H and O–H groups in total. The second kappa shape index (κ2) is 10.6. The molecule has 2 unspecified atom stereocenters. The van der Waals surface area contributed by atoms with Crippen molar-refractivity contribution in [3.8, 4) is 0 Å². The van der Waals surface area contributed by atoms with Crippen LogP contribution in [0.5, 0.6) is 0 Å². The van der Waals surface area contributed by atoms with E-state index in [9.17, 15) is 9.59 Å². The minimum absolute atomic E-state index is 0.0132. The number of hydrogen-bond acceptors (Lipinski definition) is 3. The number of nitrogens with one attached hydrogen (secondary N) is 1. The van der Waals surface area contributed by atoms with E-state index in [4.69, 9.17) is 0 Å². The van der Waals surface area contributed by atoms with Gasteiger partial charge in [0, 0.05) is 49.8 Å². The van der Waals surface area contributed by atoms with Gasteiger partial charge in [-0.3, -0.25) is 14.5 Å². The number of carbonyl (C=O) groups is 2. The molecule has 2 heterocycles. The minimum atomic E-state index is 0.0132. The van der Waals surface area contributed by atoms with Crippen LogP contribution in [0.15, 0.2) is 60.3 Å². The van der Waals surface area contributed by atoms with Gasteiger partial charge in [0.2, 0.25) is 5.91 Å². The van der Waals surface area contributed by atoms with Crippen LogP contribution >= 0.6 is 0 Å². The van der Waals surface area contributed by atoms with Crippen molar-refractivity contribution in [2.75, 3.05) is 26.2 Å². The second-order valence-electron chi connectivity index (χ2n) is 9.93. The molecule has 1 saturated heterocycles. The predicted octanol–water partition coefficient (Wildman–Crippen LogP) is 4.87. The van der Waals surface area contributed by atoms with Crippen LogP contribution < -0.4 is 5.32 Å². The Labute approximate surface area is 203 Å². The number of rotatable bonds is 8. The quantitative estimate of drug-likeness (QED) is 0.613. The van der Waals surface area contributed by atoms with Crippen molar-refractivity contribution in [3.63, 3.8) is 0 Å². The van der Waals surface area contributed by atoms with Gasteiger partial charge in [-0.25, -0.2) is 0 Å². The summed E-state index contributed by atoms with van der Waals surface area (Å²) in [6.45, 7) is 11.6. The number of carbonyl (C=O) groups excluding carboxylic acids is 2. The second-order valence-corrected chi connectivity index (χ2v) is 9.93. The Bertz CT molecular complexity index is 1040. The van der Waals surface area contributed by atoms with Crippen molar-refractivity contribution in [2.45, 2.75) is 46.6 Å². The average Bonchev–Trinajstić information content (AvgIpc) is 3.40. The van der Waals surface area contributed by atoms with Crippen molar-refractivity contribution in [2.24, 2.45) is 11.8 Å². The zero-order chi connectivity index (χ0) is 24.2. The van der Waals surface area contributed by atoms with Crippen LogP contribution in [0.25, 0.3) is 0 Å². The third kappa shape index (κ3) is 5.25. The molecule has 2 aliphatic heterocycles. The number of nitrogens with zero attached hydrogens (tertiary/aromatic N) is 2. The summed E-state index contributed by atoms with van der Waals surface area (Å²) in [7, 11) is 0. The molecule has 0 spiro atoms. The molecule has 2 aromatic carbocycles. The van der Waals surface area contributed by atoms with E-state index in [1.807, 2.05) is 69.0 Å². The van der Waals surface area contributed by atoms with Crippen molar-refractivity contribution in [3.05, 3.63) is 82.6 Å². The average molecular weight is 460 g/mol. The number of aryl methyl sites for hydroxylation is 2. The third-order valence-corrected chi connectivity index (χ3v) is 7.42. The fourth-order valence-electron chi connectivity index (χ4n) is 5.12. The van der Waals surface area contributed by atoms with Crippen LogP contribution in [0.2, 0.25) is 0 Å². The molecular weight excluding hydrogens is 422 g/mol. The smallest absolute Gasteiger partial charge is 0.258 e. The SMILES string of the molecule is CCC(C)C(=O)N[C@@H](CCN1CC2=CN(C(=O)c3c(C)cccc3C)CC2C1)c1ccccc1. The van der Waals surface area contributed by atoms with Crippen LogP contribution in [-0.4, -0.2) is 47.8 Å². The highest BCUT2D eigenvalue weighted by molar-refractivity contribution is 5.98. The Morgan fingerprint density at radius 3 is 2.38 bits per heavy atom. The lowest BCUT2D eigenvalue weighted by molar-refractivity contribution is -0.125. The lowest BCUT2D eigenvalue weighted by atomic mass is 10.0. The van der Waals surface area contributed by atoms with E-state index in [-0.39, 0.29) is 23.8 Å². The van der Waals surface area contributed by atoms with Crippen molar-refractivity contribution >= 4 is 11.8 Å². The van der Waals surface area contributed by atoms with Gasteiger partial charge in [-0.15, -0.1) is 0 Å². The van der Waals surface area contributed by atoms with Gasteiger partial charge in [0.05, 0.1) is 6.04 Å². The zero-order valence-corrected chi connectivity index (χ0v) is 20.9. The van der Waals surface area contributed by atoms with Crippen LogP contribution in [0.1, 0.15) is 59.8 Å². The Balaban J connectivity index is 1.38. The van der Waals surface area contributed by atoms with E-state index in [1.54, 1.807) is 0 Å². The Kier molecular flexibility index (Phi) is 7.52. The van der Waals surface area contributed by atoms with E-state index in [0.29, 0.717) is 5.92 Å². The highest BCUT2D eigenvalue weighted by atomic mass is 16.2. The monoisotopic (exact) mass is 459 g/mol. The highest BCUT2D eigenvalue weighted by Crippen LogP contribution is 2.32. The first-order chi connectivity index (χ1) is 16.4. The molecule has 0 bridgehead atoms. The maximum Gasteiger partial charge on any atom is 0.258 e. The topological polar surface area (TPSA) is 52.7 Å². The number of amides is 2. The summed E-state index contributed by atoms with van der Waals surface area (Å²) >= 11 is 0. The van der Waals surface area contributed by atoms with Crippen molar-refractivity contribution in [1.29, 1.82) is 0 Å². The molecule has 34 heavy (non-hydrogen) atoms. The predicted molar refractivity (Wildman–Crippen MR) is 136 cm³/mol. The Morgan fingerprint density at radius 1 is 1.03 bits per heavy atom. The molecule has 5 nitrogen and oxygen atoms in total. The van der Waals surface area contributed by atoms with Crippen LogP contribution in [0, 0.1) is 25.7 Å². The molecule has 2 amide bonds. The summed E-state index contributed by atoms with van der Waals surface area (Å²) in [5.74, 6) is 0.653. The fourth-order valence-corrected chi connectivity index (χ4v) is 5.12. The molecule has 0 saturated carbocycles. The Morgan fingerprint density at radius 2 is 1.74 bits per heavy atom. The molecule has 4 rings (SSSR count). The highest BCUT2D eigenvalue weighted by Gasteiger charge is 2.36. The molecule has 2 aromatic rings. The van der Waals surface area contributed by atoms with Crippen LogP contribution in [0.3, 0.4) is 0 Å². The molecule has 1 fully saturated rings. The summed E-state index contributed by atoms with van der Waals surface area (Å²) in [6, 6.07) is 16.3. The van der Waals surface area contributed by atoms with Gasteiger partial charge in [-0.2, -0.15) is 0 Å². The minimum Gasteiger partial charge on any atom is -0.349 e. The van der Waals surface area contributed by atoms with Gasteiger partial charge in [-0.1, -0.05) is 62.4 Å². The number of hydrogen-bond donors (Lipinski definition) is 1. The van der Waals surface area contributed by atoms with E-state index < -0.39 is 0 Å². The van der Waals surface area contributed by atoms with Crippen LogP contribution in [-0.2, 0) is 4.79 Å². The summed E-state index contributed by atoms with van der Waals surface area (Å²) in [5, 5.41) is 3.28. The van der Waals surface area contributed by atoms with Gasteiger partial charge in [0.25, 0.3) is 5.91 Å². The van der Waals surface area contributed by atoms with Gasteiger partial charge in [-0.05, 0) is 49.0 Å². The molecule has 180 valence electrons. The van der Waals surface area contributed by atoms with E-state index >= 15 is 0 Å². The molecule has 5 heteroatoms. The maximum atomic E-state index is 13.2. The fraction of sp³-hybridized carbons (Fsp3) is 0.448. The molecule has 3 atom stereocenters. The molecule has 0 aromatic heterocycles. The molecule has 0 aliphatic carbocycles. The number of likely N-dealkylation sites (tertiary alicyclic amines) is 1. The third-order valence-electron chi connectivity index (χ3n) is 7.42. The van der Waals surface area contributed by atoms with E-state index in [1.165, 1.54) is 5.57 Å².